The molecule has 0 aromatic heterocycles. The Morgan fingerprint density at radius 3 is 2.17 bits per heavy atom. The number of rotatable bonds is 8. The second-order valence-corrected chi connectivity index (χ2v) is 8.78. The van der Waals surface area contributed by atoms with E-state index in [0.29, 0.717) is 50.4 Å². The van der Waals surface area contributed by atoms with E-state index in [2.05, 4.69) is 10.6 Å². The molecule has 1 atom stereocenters. The number of nitrogens with zero attached hydrogens (tertiary/aromatic N) is 1. The van der Waals surface area contributed by atoms with Gasteiger partial charge in [0.1, 0.15) is 6.04 Å². The van der Waals surface area contributed by atoms with Crippen LogP contribution in [0.4, 0.5) is 0 Å². The molecule has 0 aliphatic carbocycles. The molecule has 1 aromatic carbocycles. The van der Waals surface area contributed by atoms with Crippen LogP contribution in [0.15, 0.2) is 30.3 Å². The van der Waals surface area contributed by atoms with Crippen LogP contribution < -0.4 is 10.6 Å². The smallest absolute Gasteiger partial charge is 0.253 e. The Balaban J connectivity index is 2.00. The van der Waals surface area contributed by atoms with Gasteiger partial charge in [-0.05, 0) is 42.7 Å². The molecule has 1 saturated heterocycles. The van der Waals surface area contributed by atoms with E-state index in [4.69, 9.17) is 0 Å². The molecule has 6 heteroatoms. The summed E-state index contributed by atoms with van der Waals surface area (Å²) in [5.41, 5.74) is 0.683. The maximum absolute atomic E-state index is 12.8. The van der Waals surface area contributed by atoms with E-state index in [9.17, 15) is 14.4 Å². The number of nitrogens with one attached hydrogen (secondary N) is 2. The van der Waals surface area contributed by atoms with Crippen molar-refractivity contribution in [1.29, 1.82) is 0 Å². The summed E-state index contributed by atoms with van der Waals surface area (Å²) >= 11 is 0. The maximum atomic E-state index is 12.8. The fraction of sp³-hybridized carbons (Fsp3) is 0.609. The third-order valence-electron chi connectivity index (χ3n) is 5.20. The summed E-state index contributed by atoms with van der Waals surface area (Å²) in [7, 11) is 0. The highest BCUT2D eigenvalue weighted by Crippen LogP contribution is 2.23. The van der Waals surface area contributed by atoms with Crippen LogP contribution in [0, 0.1) is 17.8 Å². The second kappa shape index (κ2) is 11.0. The van der Waals surface area contributed by atoms with E-state index in [-0.39, 0.29) is 29.6 Å². The van der Waals surface area contributed by atoms with Gasteiger partial charge in [0, 0.05) is 31.6 Å². The van der Waals surface area contributed by atoms with E-state index in [0.717, 1.165) is 0 Å². The predicted molar refractivity (Wildman–Crippen MR) is 114 cm³/mol. The van der Waals surface area contributed by atoms with Gasteiger partial charge in [0.05, 0.1) is 0 Å². The first-order valence-corrected chi connectivity index (χ1v) is 10.7. The van der Waals surface area contributed by atoms with Gasteiger partial charge >= 0.3 is 0 Å². The summed E-state index contributed by atoms with van der Waals surface area (Å²) in [6.45, 7) is 9.82. The first kappa shape index (κ1) is 22.9. The highest BCUT2D eigenvalue weighted by molar-refractivity contribution is 5.94. The molecule has 1 aliphatic rings. The topological polar surface area (TPSA) is 78.5 Å². The summed E-state index contributed by atoms with van der Waals surface area (Å²) in [5.74, 6) is 0.416. The molecule has 160 valence electrons. The summed E-state index contributed by atoms with van der Waals surface area (Å²) in [6.07, 6.45) is 1.79. The minimum absolute atomic E-state index is 0.0219. The number of benzene rings is 1. The van der Waals surface area contributed by atoms with Gasteiger partial charge in [-0.15, -0.1) is 0 Å². The summed E-state index contributed by atoms with van der Waals surface area (Å²) in [5, 5.41) is 5.93. The average molecular weight is 402 g/mol. The van der Waals surface area contributed by atoms with Crippen LogP contribution in [0.3, 0.4) is 0 Å². The molecule has 1 fully saturated rings. The van der Waals surface area contributed by atoms with E-state index in [1.165, 1.54) is 0 Å². The molecule has 2 N–H and O–H groups in total. The molecule has 1 aliphatic heterocycles. The first-order chi connectivity index (χ1) is 13.8. The second-order valence-electron chi connectivity index (χ2n) is 8.78. The summed E-state index contributed by atoms with van der Waals surface area (Å²) in [6, 6.07) is 8.71. The molecule has 6 nitrogen and oxygen atoms in total. The molecule has 0 saturated carbocycles. The van der Waals surface area contributed by atoms with Gasteiger partial charge < -0.3 is 15.5 Å². The normalized spacial score (nSPS) is 16.0. The molecule has 2 rings (SSSR count). The van der Waals surface area contributed by atoms with Crippen LogP contribution in [0.2, 0.25) is 0 Å². The largest absolute Gasteiger partial charge is 0.354 e. The number of likely N-dealkylation sites (tertiary alicyclic amines) is 1. The van der Waals surface area contributed by atoms with Gasteiger partial charge in [0.2, 0.25) is 11.8 Å². The molecule has 3 amide bonds. The Hall–Kier alpha value is -2.37. The monoisotopic (exact) mass is 401 g/mol. The van der Waals surface area contributed by atoms with Crippen LogP contribution in [-0.2, 0) is 9.59 Å². The summed E-state index contributed by atoms with van der Waals surface area (Å²) in [4.78, 5) is 39.7. The van der Waals surface area contributed by atoms with Crippen molar-refractivity contribution in [2.24, 2.45) is 17.8 Å². The van der Waals surface area contributed by atoms with Crippen molar-refractivity contribution in [3.8, 4) is 0 Å². The molecular formula is C23H35N3O3. The Kier molecular flexibility index (Phi) is 8.68. The lowest BCUT2D eigenvalue weighted by molar-refractivity contribution is -0.131. The number of amides is 3. The van der Waals surface area contributed by atoms with Crippen molar-refractivity contribution in [2.45, 2.75) is 53.0 Å². The predicted octanol–water partition coefficient (Wildman–Crippen LogP) is 2.84. The van der Waals surface area contributed by atoms with E-state index in [1.807, 2.05) is 62.9 Å². The lowest BCUT2D eigenvalue weighted by Gasteiger charge is -2.36. The molecule has 0 bridgehead atoms. The molecule has 1 aromatic rings. The summed E-state index contributed by atoms with van der Waals surface area (Å²) < 4.78 is 0. The van der Waals surface area contributed by atoms with Crippen molar-refractivity contribution in [3.63, 3.8) is 0 Å². The van der Waals surface area contributed by atoms with Gasteiger partial charge in [0.15, 0.2) is 0 Å². The fourth-order valence-electron chi connectivity index (χ4n) is 3.61. The highest BCUT2D eigenvalue weighted by atomic mass is 16.2. The van der Waals surface area contributed by atoms with Crippen LogP contribution in [0.5, 0.6) is 0 Å². The quantitative estimate of drug-likeness (QED) is 0.703. The Morgan fingerprint density at radius 1 is 1.00 bits per heavy atom. The Bertz CT molecular complexity index is 680. The van der Waals surface area contributed by atoms with E-state index < -0.39 is 6.04 Å². The molecule has 0 unspecified atom stereocenters. The molecule has 0 spiro atoms. The zero-order valence-electron chi connectivity index (χ0n) is 18.1. The maximum Gasteiger partial charge on any atom is 0.253 e. The lowest BCUT2D eigenvalue weighted by Crippen LogP contribution is -2.54. The Morgan fingerprint density at radius 2 is 1.62 bits per heavy atom. The molecular weight excluding hydrogens is 366 g/mol. The number of hydrogen-bond donors (Lipinski definition) is 2. The van der Waals surface area contributed by atoms with Crippen molar-refractivity contribution in [1.82, 2.24) is 15.5 Å². The van der Waals surface area contributed by atoms with Crippen molar-refractivity contribution in [2.75, 3.05) is 19.6 Å². The number of carbonyl (C=O) groups excluding carboxylic acids is 3. The van der Waals surface area contributed by atoms with Crippen LogP contribution in [-0.4, -0.2) is 48.3 Å². The van der Waals surface area contributed by atoms with Gasteiger partial charge in [-0.3, -0.25) is 14.4 Å². The third kappa shape index (κ3) is 7.18. The molecule has 29 heavy (non-hydrogen) atoms. The molecule has 0 radical (unpaired) electrons. The average Bonchev–Trinajstić information content (AvgIpc) is 2.70. The zero-order valence-corrected chi connectivity index (χ0v) is 18.1. The third-order valence-corrected chi connectivity index (χ3v) is 5.20. The van der Waals surface area contributed by atoms with Gasteiger partial charge in [-0.2, -0.15) is 0 Å². The Labute approximate surface area is 174 Å². The minimum atomic E-state index is -0.547. The standard InChI is InChI=1S/C23H35N3O3/c1-16(2)14-20(27)25-21(22(28)24-15-17(3)4)18-10-12-26(13-11-18)23(29)19-8-6-5-7-9-19/h5-9,16-18,21H,10-15H2,1-4H3,(H,24,28)(H,25,27)/t21-/m1/s1. The van der Waals surface area contributed by atoms with Gasteiger partial charge in [-0.1, -0.05) is 45.9 Å². The minimum Gasteiger partial charge on any atom is -0.354 e. The fourth-order valence-corrected chi connectivity index (χ4v) is 3.61. The SMILES string of the molecule is CC(C)CNC(=O)[C@H](NC(=O)CC(C)C)C1CCN(C(=O)c2ccccc2)CC1. The highest BCUT2D eigenvalue weighted by Gasteiger charge is 2.34. The van der Waals surface area contributed by atoms with Crippen LogP contribution in [0.1, 0.15) is 57.3 Å². The number of piperidine rings is 1. The first-order valence-electron chi connectivity index (χ1n) is 10.7. The molecule has 1 heterocycles. The van der Waals surface area contributed by atoms with Crippen LogP contribution >= 0.6 is 0 Å². The van der Waals surface area contributed by atoms with E-state index in [1.54, 1.807) is 0 Å². The van der Waals surface area contributed by atoms with Gasteiger partial charge in [-0.25, -0.2) is 0 Å². The van der Waals surface area contributed by atoms with E-state index >= 15 is 0 Å². The van der Waals surface area contributed by atoms with Gasteiger partial charge in [0.25, 0.3) is 5.91 Å². The van der Waals surface area contributed by atoms with Crippen LogP contribution in [0.25, 0.3) is 0 Å². The van der Waals surface area contributed by atoms with Crippen molar-refractivity contribution < 1.29 is 14.4 Å². The van der Waals surface area contributed by atoms with Crippen molar-refractivity contribution in [3.05, 3.63) is 35.9 Å². The zero-order chi connectivity index (χ0) is 21.4. The number of hydrogen-bond acceptors (Lipinski definition) is 3. The number of carbonyl (C=O) groups is 3. The lowest BCUT2D eigenvalue weighted by atomic mass is 9.88. The van der Waals surface area contributed by atoms with Crippen molar-refractivity contribution >= 4 is 17.7 Å².